The van der Waals surface area contributed by atoms with Gasteiger partial charge in [0, 0.05) is 33.3 Å². The summed E-state index contributed by atoms with van der Waals surface area (Å²) in [5, 5.41) is 5.94. The first-order chi connectivity index (χ1) is 15.7. The maximum absolute atomic E-state index is 12.6. The van der Waals surface area contributed by atoms with Crippen molar-refractivity contribution in [2.24, 2.45) is 0 Å². The van der Waals surface area contributed by atoms with E-state index in [2.05, 4.69) is 15.0 Å². The van der Waals surface area contributed by atoms with Crippen molar-refractivity contribution in [3.8, 4) is 5.69 Å². The molecule has 32 heavy (non-hydrogen) atoms. The van der Waals surface area contributed by atoms with Crippen LogP contribution in [0.5, 0.6) is 0 Å². The van der Waals surface area contributed by atoms with E-state index in [1.807, 2.05) is 24.3 Å². The van der Waals surface area contributed by atoms with Gasteiger partial charge in [-0.1, -0.05) is 23.7 Å². The van der Waals surface area contributed by atoms with Crippen LogP contribution in [0.2, 0.25) is 5.02 Å². The van der Waals surface area contributed by atoms with Crippen LogP contribution < -0.4 is 4.90 Å². The highest BCUT2D eigenvalue weighted by Crippen LogP contribution is 2.29. The van der Waals surface area contributed by atoms with Gasteiger partial charge in [0.15, 0.2) is 17.2 Å². The van der Waals surface area contributed by atoms with E-state index in [9.17, 15) is 4.79 Å². The first-order valence-electron chi connectivity index (χ1n) is 10.2. The summed E-state index contributed by atoms with van der Waals surface area (Å²) in [5.41, 5.74) is 1.40. The maximum Gasteiger partial charge on any atom is 0.289 e. The molecule has 0 N–H and O–H groups in total. The lowest BCUT2D eigenvalue weighted by Crippen LogP contribution is -2.49. The lowest BCUT2D eigenvalue weighted by atomic mass is 10.2. The Morgan fingerprint density at radius 1 is 1.12 bits per heavy atom. The first kappa shape index (κ1) is 20.5. The Morgan fingerprint density at radius 3 is 2.66 bits per heavy atom. The van der Waals surface area contributed by atoms with E-state index in [1.54, 1.807) is 35.0 Å². The van der Waals surface area contributed by atoms with Gasteiger partial charge in [-0.05, 0) is 24.3 Å². The van der Waals surface area contributed by atoms with Gasteiger partial charge in [0.25, 0.3) is 5.91 Å². The van der Waals surface area contributed by atoms with Gasteiger partial charge in [0.2, 0.25) is 0 Å². The van der Waals surface area contributed by atoms with E-state index in [-0.39, 0.29) is 12.5 Å². The van der Waals surface area contributed by atoms with Crippen LogP contribution in [0.25, 0.3) is 16.7 Å². The van der Waals surface area contributed by atoms with Crippen LogP contribution in [0.15, 0.2) is 53.3 Å². The smallest absolute Gasteiger partial charge is 0.289 e. The number of fused-ring (bicyclic) bond motifs is 1. The molecule has 0 atom stereocenters. The molecule has 164 valence electrons. The lowest BCUT2D eigenvalue weighted by molar-refractivity contribution is 0.0714. The number of carbonyl (C=O) groups excluding carboxylic acids is 1. The number of amides is 1. The number of piperazine rings is 1. The lowest BCUT2D eigenvalue weighted by Gasteiger charge is -2.35. The van der Waals surface area contributed by atoms with Crippen LogP contribution in [0.4, 0.5) is 5.82 Å². The standard InChI is InChI=1S/C22H21ClN6O3/c1-31-14-19-25-20(27-8-10-28(11-9-27)22(30)18-7-4-12-32-18)15-13-24-29(21(15)26-19)17-6-3-2-5-16(17)23/h2-7,12-13H,8-11,14H2,1H3. The fourth-order valence-corrected chi connectivity index (χ4v) is 4.06. The van der Waals surface area contributed by atoms with Crippen molar-refractivity contribution in [3.05, 3.63) is 65.5 Å². The van der Waals surface area contributed by atoms with E-state index in [0.29, 0.717) is 48.4 Å². The van der Waals surface area contributed by atoms with Gasteiger partial charge in [-0.2, -0.15) is 5.10 Å². The molecule has 5 rings (SSSR count). The number of aromatic nitrogens is 4. The number of ether oxygens (including phenoxy) is 1. The highest BCUT2D eigenvalue weighted by Gasteiger charge is 2.26. The van der Waals surface area contributed by atoms with Crippen molar-refractivity contribution in [2.75, 3.05) is 38.2 Å². The molecule has 0 spiro atoms. The number of anilines is 1. The van der Waals surface area contributed by atoms with E-state index < -0.39 is 0 Å². The molecule has 1 amide bonds. The number of halogens is 1. The second-order valence-electron chi connectivity index (χ2n) is 7.40. The topological polar surface area (TPSA) is 89.5 Å². The van der Waals surface area contributed by atoms with Crippen LogP contribution in [0.1, 0.15) is 16.4 Å². The van der Waals surface area contributed by atoms with Crippen molar-refractivity contribution in [2.45, 2.75) is 6.61 Å². The van der Waals surface area contributed by atoms with E-state index in [4.69, 9.17) is 25.7 Å². The molecular formula is C22H21ClN6O3. The normalized spacial score (nSPS) is 14.3. The Labute approximate surface area is 189 Å². The highest BCUT2D eigenvalue weighted by molar-refractivity contribution is 6.32. The fourth-order valence-electron chi connectivity index (χ4n) is 3.85. The third kappa shape index (κ3) is 3.69. The van der Waals surface area contributed by atoms with Crippen molar-refractivity contribution in [3.63, 3.8) is 0 Å². The molecule has 1 aromatic carbocycles. The Balaban J connectivity index is 1.47. The van der Waals surface area contributed by atoms with Gasteiger partial charge in [0.1, 0.15) is 12.4 Å². The van der Waals surface area contributed by atoms with Gasteiger partial charge in [-0.25, -0.2) is 14.6 Å². The predicted octanol–water partition coefficient (Wildman–Crippen LogP) is 3.17. The summed E-state index contributed by atoms with van der Waals surface area (Å²) >= 11 is 6.41. The molecule has 4 heterocycles. The number of carbonyl (C=O) groups is 1. The summed E-state index contributed by atoms with van der Waals surface area (Å²) in [5.74, 6) is 1.57. The minimum Gasteiger partial charge on any atom is -0.459 e. The van der Waals surface area contributed by atoms with Gasteiger partial charge in [-0.3, -0.25) is 4.79 Å². The second-order valence-corrected chi connectivity index (χ2v) is 7.81. The summed E-state index contributed by atoms with van der Waals surface area (Å²) in [6.45, 7) is 2.64. The average molecular weight is 453 g/mol. The Bertz CT molecular complexity index is 1250. The summed E-state index contributed by atoms with van der Waals surface area (Å²) < 4.78 is 12.3. The number of hydrogen-bond donors (Lipinski definition) is 0. The number of para-hydroxylation sites is 1. The summed E-state index contributed by atoms with van der Waals surface area (Å²) in [7, 11) is 1.61. The molecule has 10 heteroatoms. The largest absolute Gasteiger partial charge is 0.459 e. The average Bonchev–Trinajstić information content (AvgIpc) is 3.49. The summed E-state index contributed by atoms with van der Waals surface area (Å²) in [6.07, 6.45) is 3.26. The molecule has 1 aliphatic heterocycles. The Kier molecular flexibility index (Phi) is 5.50. The number of furan rings is 1. The SMILES string of the molecule is COCc1nc(N2CCN(C(=O)c3ccco3)CC2)c2cnn(-c3ccccc3Cl)c2n1. The molecule has 9 nitrogen and oxygen atoms in total. The molecular weight excluding hydrogens is 432 g/mol. The predicted molar refractivity (Wildman–Crippen MR) is 119 cm³/mol. The minimum atomic E-state index is -0.103. The van der Waals surface area contributed by atoms with Crippen LogP contribution in [0, 0.1) is 0 Å². The van der Waals surface area contributed by atoms with Gasteiger partial charge in [-0.15, -0.1) is 0 Å². The van der Waals surface area contributed by atoms with Gasteiger partial charge >= 0.3 is 0 Å². The number of methoxy groups -OCH3 is 1. The third-order valence-corrected chi connectivity index (χ3v) is 5.73. The van der Waals surface area contributed by atoms with E-state index in [0.717, 1.165) is 16.9 Å². The molecule has 1 saturated heterocycles. The molecule has 0 saturated carbocycles. The summed E-state index contributed by atoms with van der Waals surface area (Å²) in [4.78, 5) is 26.0. The third-order valence-electron chi connectivity index (χ3n) is 5.41. The molecule has 1 aliphatic rings. The zero-order valence-corrected chi connectivity index (χ0v) is 18.2. The van der Waals surface area contributed by atoms with Crippen LogP contribution >= 0.6 is 11.6 Å². The van der Waals surface area contributed by atoms with Crippen molar-refractivity contribution >= 4 is 34.4 Å². The molecule has 0 bridgehead atoms. The molecule has 4 aromatic rings. The zero-order valence-electron chi connectivity index (χ0n) is 17.4. The Hall–Kier alpha value is -3.43. The summed E-state index contributed by atoms with van der Waals surface area (Å²) in [6, 6.07) is 10.9. The van der Waals surface area contributed by atoms with E-state index in [1.165, 1.54) is 6.26 Å². The van der Waals surface area contributed by atoms with Crippen LogP contribution in [-0.2, 0) is 11.3 Å². The monoisotopic (exact) mass is 452 g/mol. The molecule has 1 fully saturated rings. The van der Waals surface area contributed by atoms with Gasteiger partial charge in [0.05, 0.1) is 28.6 Å². The number of nitrogens with zero attached hydrogens (tertiary/aromatic N) is 6. The number of hydrogen-bond acceptors (Lipinski definition) is 7. The van der Waals surface area contributed by atoms with Gasteiger partial charge < -0.3 is 19.0 Å². The molecule has 3 aromatic heterocycles. The molecule has 0 aliphatic carbocycles. The second kappa shape index (κ2) is 8.60. The number of benzene rings is 1. The maximum atomic E-state index is 12.6. The molecule has 0 unspecified atom stereocenters. The quantitative estimate of drug-likeness (QED) is 0.459. The zero-order chi connectivity index (χ0) is 22.1. The van der Waals surface area contributed by atoms with Crippen LogP contribution in [-0.4, -0.2) is 63.8 Å². The van der Waals surface area contributed by atoms with Crippen molar-refractivity contribution in [1.82, 2.24) is 24.6 Å². The Morgan fingerprint density at radius 2 is 1.94 bits per heavy atom. The minimum absolute atomic E-state index is 0.103. The molecule has 0 radical (unpaired) electrons. The first-order valence-corrected chi connectivity index (χ1v) is 10.6. The highest BCUT2D eigenvalue weighted by atomic mass is 35.5. The fraction of sp³-hybridized carbons (Fsp3) is 0.273. The van der Waals surface area contributed by atoms with Crippen molar-refractivity contribution < 1.29 is 13.9 Å². The van der Waals surface area contributed by atoms with Crippen molar-refractivity contribution in [1.29, 1.82) is 0 Å². The van der Waals surface area contributed by atoms with Crippen LogP contribution in [0.3, 0.4) is 0 Å². The number of rotatable bonds is 5. The van der Waals surface area contributed by atoms with E-state index >= 15 is 0 Å².